The monoisotopic (exact) mass is 631 g/mol. The van der Waals surface area contributed by atoms with Gasteiger partial charge in [0.15, 0.2) is 0 Å². The van der Waals surface area contributed by atoms with Crippen LogP contribution < -0.4 is 15.4 Å². The van der Waals surface area contributed by atoms with Crippen molar-refractivity contribution in [3.05, 3.63) is 63.5 Å². The van der Waals surface area contributed by atoms with Gasteiger partial charge in [-0.05, 0) is 45.1 Å². The highest BCUT2D eigenvalue weighted by Gasteiger charge is 2.54. The van der Waals surface area contributed by atoms with Crippen molar-refractivity contribution in [2.45, 2.75) is 29.2 Å². The lowest BCUT2D eigenvalue weighted by molar-refractivity contribution is -0.151. The minimum absolute atomic E-state index is 0.0263. The van der Waals surface area contributed by atoms with Crippen molar-refractivity contribution in [1.29, 1.82) is 0 Å². The van der Waals surface area contributed by atoms with Crippen LogP contribution in [0.15, 0.2) is 58.2 Å². The number of nitrogens with one attached hydrogen (secondary N) is 2. The zero-order valence-corrected chi connectivity index (χ0v) is 24.7. The summed E-state index contributed by atoms with van der Waals surface area (Å²) in [5.74, 6) is -1.12. The van der Waals surface area contributed by atoms with Crippen LogP contribution in [-0.2, 0) is 32.8 Å². The van der Waals surface area contributed by atoms with Gasteiger partial charge in [-0.25, -0.2) is 14.3 Å². The summed E-state index contributed by atoms with van der Waals surface area (Å²) >= 11 is 3.87. The molecule has 0 spiro atoms. The van der Waals surface area contributed by atoms with Gasteiger partial charge in [0.25, 0.3) is 5.91 Å². The first-order valence-corrected chi connectivity index (χ1v) is 15.3. The van der Waals surface area contributed by atoms with Crippen molar-refractivity contribution in [3.8, 4) is 5.75 Å². The van der Waals surface area contributed by atoms with Gasteiger partial charge >= 0.3 is 12.1 Å². The van der Waals surface area contributed by atoms with Crippen LogP contribution in [0.1, 0.15) is 16.5 Å². The molecule has 1 aromatic carbocycles. The molecule has 14 nitrogen and oxygen atoms in total. The maximum absolute atomic E-state index is 13.4. The first kappa shape index (κ1) is 29.4. The largest absolute Gasteiger partial charge is 0.497 e. The van der Waals surface area contributed by atoms with Crippen LogP contribution in [-0.4, -0.2) is 84.1 Å². The Balaban J connectivity index is 1.23. The summed E-state index contributed by atoms with van der Waals surface area (Å²) in [6.07, 6.45) is -0.815. The third kappa shape index (κ3) is 6.22. The molecule has 3 unspecified atom stereocenters. The second-order valence-corrected chi connectivity index (χ2v) is 12.1. The number of methoxy groups -OCH3 is 1. The van der Waals surface area contributed by atoms with E-state index < -0.39 is 41.3 Å². The Labute approximate surface area is 251 Å². The van der Waals surface area contributed by atoms with E-state index in [0.29, 0.717) is 27.1 Å². The number of fused-ring (bicyclic) bond motifs is 1. The molecule has 3 N–H and O–H groups in total. The van der Waals surface area contributed by atoms with E-state index in [1.807, 2.05) is 0 Å². The number of alkyl carbamates (subject to hydrolysis) is 1. The lowest BCUT2D eigenvalue weighted by atomic mass is 10.0. The topological polar surface area (TPSA) is 178 Å². The maximum Gasteiger partial charge on any atom is 0.408 e. The van der Waals surface area contributed by atoms with Gasteiger partial charge in [0, 0.05) is 23.4 Å². The average Bonchev–Trinajstić information content (AvgIpc) is 3.68. The number of carboxylic acid groups (broad SMARTS) is 1. The first-order valence-electron chi connectivity index (χ1n) is 12.4. The fourth-order valence-electron chi connectivity index (χ4n) is 4.28. The molecule has 2 aliphatic heterocycles. The van der Waals surface area contributed by atoms with Crippen LogP contribution in [0.25, 0.3) is 0 Å². The number of carbonyl (C=O) groups is 4. The van der Waals surface area contributed by atoms with Gasteiger partial charge < -0.3 is 25.2 Å². The number of carboxylic acids is 1. The number of ether oxygens (including phenoxy) is 2. The van der Waals surface area contributed by atoms with E-state index in [4.69, 9.17) is 9.47 Å². The summed E-state index contributed by atoms with van der Waals surface area (Å²) in [6, 6.07) is 8.32. The highest BCUT2D eigenvalue weighted by molar-refractivity contribution is 8.01. The SMILES string of the molecule is COc1ccc(COC(=O)NC(C(=O)NC2C(=O)N3C(C(=O)O)=C(CSc4nnnn4C)CSC23)c2cccs2)cc1. The van der Waals surface area contributed by atoms with Crippen LogP contribution in [0.2, 0.25) is 0 Å². The third-order valence-corrected chi connectivity index (χ3v) is 9.76. The minimum Gasteiger partial charge on any atom is -0.497 e. The van der Waals surface area contributed by atoms with Crippen LogP contribution >= 0.6 is 34.9 Å². The highest BCUT2D eigenvalue weighted by atomic mass is 32.2. The number of aliphatic carboxylic acids is 1. The maximum atomic E-state index is 13.4. The van der Waals surface area contributed by atoms with E-state index in [2.05, 4.69) is 26.2 Å². The Morgan fingerprint density at radius 2 is 2.02 bits per heavy atom. The fraction of sp³-hybridized carbons (Fsp3) is 0.320. The van der Waals surface area contributed by atoms with E-state index in [1.165, 1.54) is 44.4 Å². The molecular weight excluding hydrogens is 607 g/mol. The minimum atomic E-state index is -1.23. The molecule has 17 heteroatoms. The van der Waals surface area contributed by atoms with Crippen LogP contribution in [0.4, 0.5) is 4.79 Å². The van der Waals surface area contributed by atoms with Crippen molar-refractivity contribution in [1.82, 2.24) is 35.7 Å². The predicted octanol–water partition coefficient (Wildman–Crippen LogP) is 1.78. The van der Waals surface area contributed by atoms with E-state index in [-0.39, 0.29) is 18.1 Å². The predicted molar refractivity (Wildman–Crippen MR) is 153 cm³/mol. The smallest absolute Gasteiger partial charge is 0.408 e. The number of thioether (sulfide) groups is 2. The number of carbonyl (C=O) groups excluding carboxylic acids is 3. The molecule has 220 valence electrons. The van der Waals surface area contributed by atoms with Gasteiger partial charge in [-0.1, -0.05) is 30.0 Å². The Morgan fingerprint density at radius 1 is 1.24 bits per heavy atom. The molecule has 0 radical (unpaired) electrons. The molecule has 42 heavy (non-hydrogen) atoms. The quantitative estimate of drug-likeness (QED) is 0.207. The molecule has 3 amide bonds. The fourth-order valence-corrected chi connectivity index (χ4v) is 7.39. The standard InChI is InChI=1S/C25H25N7O7S3/c1-31-24(28-29-30-31)42-12-14-11-41-22-18(21(34)32(22)19(14)23(35)36)26-20(33)17(16-4-3-9-40-16)27-25(37)39-10-13-5-7-15(38-2)8-6-13/h3-9,17-18,22H,10-12H2,1-2H3,(H,26,33)(H,27,37)(H,35,36). The summed E-state index contributed by atoms with van der Waals surface area (Å²) in [4.78, 5) is 53.1. The molecule has 1 fully saturated rings. The summed E-state index contributed by atoms with van der Waals surface area (Å²) in [5, 5.41) is 28.1. The molecule has 3 aromatic rings. The number of aromatic nitrogens is 4. The van der Waals surface area contributed by atoms with Gasteiger partial charge in [-0.15, -0.1) is 28.2 Å². The zero-order valence-electron chi connectivity index (χ0n) is 22.3. The van der Waals surface area contributed by atoms with E-state index >= 15 is 0 Å². The van der Waals surface area contributed by atoms with Crippen molar-refractivity contribution >= 4 is 58.7 Å². The molecule has 0 aliphatic carbocycles. The van der Waals surface area contributed by atoms with Gasteiger partial charge in [0.05, 0.1) is 7.11 Å². The summed E-state index contributed by atoms with van der Waals surface area (Å²) < 4.78 is 11.9. The lowest BCUT2D eigenvalue weighted by Crippen LogP contribution is -2.71. The highest BCUT2D eigenvalue weighted by Crippen LogP contribution is 2.41. The molecule has 4 heterocycles. The summed E-state index contributed by atoms with van der Waals surface area (Å²) in [5.41, 5.74) is 1.17. The average molecular weight is 632 g/mol. The second-order valence-electron chi connectivity index (χ2n) is 9.04. The normalized spacial score (nSPS) is 18.5. The van der Waals surface area contributed by atoms with Gasteiger partial charge in [-0.3, -0.25) is 14.5 Å². The van der Waals surface area contributed by atoms with Crippen molar-refractivity contribution in [2.75, 3.05) is 18.6 Å². The van der Waals surface area contributed by atoms with E-state index in [0.717, 1.165) is 5.56 Å². The van der Waals surface area contributed by atoms with Gasteiger partial charge in [0.1, 0.15) is 35.5 Å². The number of β-lactam (4-membered cyclic amide) rings is 1. The molecule has 1 saturated heterocycles. The number of thiophene rings is 1. The molecule has 2 aliphatic rings. The Bertz CT molecular complexity index is 1510. The van der Waals surface area contributed by atoms with Crippen molar-refractivity contribution < 1.29 is 33.8 Å². The Morgan fingerprint density at radius 3 is 2.67 bits per heavy atom. The first-order chi connectivity index (χ1) is 20.3. The molecule has 0 bridgehead atoms. The number of tetrazole rings is 1. The second kappa shape index (κ2) is 12.8. The number of amides is 3. The Kier molecular flexibility index (Phi) is 8.98. The molecule has 3 atom stereocenters. The van der Waals surface area contributed by atoms with E-state index in [1.54, 1.807) is 55.9 Å². The number of benzene rings is 1. The molecule has 5 rings (SSSR count). The lowest BCUT2D eigenvalue weighted by Gasteiger charge is -2.49. The number of hydrogen-bond acceptors (Lipinski definition) is 12. The molecule has 2 aromatic heterocycles. The van der Waals surface area contributed by atoms with Crippen LogP contribution in [0, 0.1) is 0 Å². The van der Waals surface area contributed by atoms with Crippen molar-refractivity contribution in [2.24, 2.45) is 7.05 Å². The number of rotatable bonds is 11. The molecule has 0 saturated carbocycles. The van der Waals surface area contributed by atoms with Crippen LogP contribution in [0.5, 0.6) is 5.75 Å². The Hall–Kier alpha value is -4.09. The number of aryl methyl sites for hydroxylation is 1. The van der Waals surface area contributed by atoms with Gasteiger partial charge in [-0.2, -0.15) is 0 Å². The number of nitrogens with zero attached hydrogens (tertiary/aromatic N) is 5. The van der Waals surface area contributed by atoms with Gasteiger partial charge in [0.2, 0.25) is 11.1 Å². The zero-order chi connectivity index (χ0) is 29.8. The van der Waals surface area contributed by atoms with Crippen LogP contribution in [0.3, 0.4) is 0 Å². The third-order valence-electron chi connectivity index (χ3n) is 6.39. The summed E-state index contributed by atoms with van der Waals surface area (Å²) in [6.45, 7) is -0.0263. The number of hydrogen-bond donors (Lipinski definition) is 3. The van der Waals surface area contributed by atoms with E-state index in [9.17, 15) is 24.3 Å². The van der Waals surface area contributed by atoms with Crippen molar-refractivity contribution in [3.63, 3.8) is 0 Å². The summed E-state index contributed by atoms with van der Waals surface area (Å²) in [7, 11) is 3.22. The molecular formula is C25H25N7O7S3.